The largest absolute Gasteiger partial charge is 0.631 e. The van der Waals surface area contributed by atoms with Crippen molar-refractivity contribution in [3.8, 4) is 0 Å². The van der Waals surface area contributed by atoms with Gasteiger partial charge in [-0.3, -0.25) is 0 Å². The van der Waals surface area contributed by atoms with Crippen molar-refractivity contribution in [2.24, 2.45) is 5.41 Å². The van der Waals surface area contributed by atoms with Gasteiger partial charge in [0, 0.05) is 16.6 Å². The van der Waals surface area contributed by atoms with Crippen molar-refractivity contribution in [1.82, 2.24) is 0 Å². The number of allylic oxidation sites excluding steroid dienone is 1. The molecular formula is C16H21BrN2O. The van der Waals surface area contributed by atoms with E-state index in [4.69, 9.17) is 0 Å². The zero-order valence-corrected chi connectivity index (χ0v) is 13.8. The Kier molecular flexibility index (Phi) is 2.89. The van der Waals surface area contributed by atoms with Gasteiger partial charge in [0.05, 0.1) is 19.0 Å². The molecule has 0 amide bonds. The third-order valence-corrected chi connectivity index (χ3v) is 5.87. The molecule has 3 unspecified atom stereocenters. The second-order valence-electron chi connectivity index (χ2n) is 6.78. The Morgan fingerprint density at radius 1 is 1.55 bits per heavy atom. The van der Waals surface area contributed by atoms with Crippen LogP contribution in [0.3, 0.4) is 0 Å². The lowest BCUT2D eigenvalue weighted by molar-refractivity contribution is -0.871. The second kappa shape index (κ2) is 4.09. The summed E-state index contributed by atoms with van der Waals surface area (Å²) in [7, 11) is 1.78. The zero-order chi connectivity index (χ0) is 14.8. The maximum absolute atomic E-state index is 12.9. The summed E-state index contributed by atoms with van der Waals surface area (Å²) in [4.78, 5) is 0. The van der Waals surface area contributed by atoms with Crippen LogP contribution in [0.25, 0.3) is 0 Å². The Hall–Kier alpha value is -0.840. The standard InChI is InChI=1S/C16H21BrN2O/c1-5-15(2,3)16-8-9-19(4,20)14(16)18-13-10-11(17)6-7-12(13)16/h5-7,10,14,18H,1,8-9H2,2-4H3. The van der Waals surface area contributed by atoms with Crippen molar-refractivity contribution in [1.29, 1.82) is 0 Å². The average Bonchev–Trinajstić information content (AvgIpc) is 2.84. The Morgan fingerprint density at radius 3 is 2.90 bits per heavy atom. The van der Waals surface area contributed by atoms with Gasteiger partial charge in [-0.05, 0) is 23.1 Å². The maximum atomic E-state index is 12.9. The van der Waals surface area contributed by atoms with Gasteiger partial charge < -0.3 is 15.2 Å². The number of anilines is 1. The molecule has 0 aliphatic carbocycles. The highest BCUT2D eigenvalue weighted by atomic mass is 79.9. The lowest BCUT2D eigenvalue weighted by Gasteiger charge is -2.47. The SMILES string of the molecule is C=CC(C)(C)C12CC[N+](C)([O-])C1Nc1cc(Br)ccc12. The fraction of sp³-hybridized carbons (Fsp3) is 0.500. The van der Waals surface area contributed by atoms with Gasteiger partial charge in [0.2, 0.25) is 0 Å². The third-order valence-electron chi connectivity index (χ3n) is 5.38. The number of likely N-dealkylation sites (N-methyl/N-ethyl adjacent to an activating group) is 1. The van der Waals surface area contributed by atoms with Gasteiger partial charge in [0.1, 0.15) is 0 Å². The molecule has 3 nitrogen and oxygen atoms in total. The minimum Gasteiger partial charge on any atom is -0.631 e. The molecule has 0 aromatic heterocycles. The molecule has 3 rings (SSSR count). The predicted octanol–water partition coefficient (Wildman–Crippen LogP) is 4.00. The number of rotatable bonds is 2. The van der Waals surface area contributed by atoms with Crippen LogP contribution >= 0.6 is 15.9 Å². The molecule has 0 bridgehead atoms. The van der Waals surface area contributed by atoms with Gasteiger partial charge in [0.25, 0.3) is 0 Å². The van der Waals surface area contributed by atoms with Gasteiger partial charge >= 0.3 is 0 Å². The highest BCUT2D eigenvalue weighted by molar-refractivity contribution is 9.10. The first-order valence-electron chi connectivity index (χ1n) is 7.01. The first kappa shape index (κ1) is 14.1. The number of fused-ring (bicyclic) bond motifs is 3. The number of hydrogen-bond donors (Lipinski definition) is 1. The minimum atomic E-state index is -0.233. The van der Waals surface area contributed by atoms with Crippen LogP contribution in [-0.4, -0.2) is 24.4 Å². The number of benzene rings is 1. The monoisotopic (exact) mass is 336 g/mol. The first-order valence-corrected chi connectivity index (χ1v) is 7.80. The van der Waals surface area contributed by atoms with Crippen molar-refractivity contribution in [3.05, 3.63) is 46.1 Å². The number of likely N-dealkylation sites (tertiary alicyclic amines) is 1. The predicted molar refractivity (Wildman–Crippen MR) is 86.2 cm³/mol. The van der Waals surface area contributed by atoms with Gasteiger partial charge in [-0.2, -0.15) is 0 Å². The summed E-state index contributed by atoms with van der Waals surface area (Å²) < 4.78 is 0.805. The molecule has 2 aliphatic heterocycles. The van der Waals surface area contributed by atoms with E-state index in [9.17, 15) is 5.21 Å². The number of hydroxylamine groups is 3. The van der Waals surface area contributed by atoms with Crippen LogP contribution in [0, 0.1) is 10.6 Å². The molecule has 1 fully saturated rings. The van der Waals surface area contributed by atoms with Gasteiger partial charge in [-0.1, -0.05) is 41.9 Å². The van der Waals surface area contributed by atoms with E-state index in [2.05, 4.69) is 59.9 Å². The normalized spacial score (nSPS) is 35.4. The molecule has 2 aliphatic rings. The quantitative estimate of drug-likeness (QED) is 0.503. The Morgan fingerprint density at radius 2 is 2.25 bits per heavy atom. The van der Waals surface area contributed by atoms with Crippen molar-refractivity contribution < 1.29 is 4.65 Å². The Labute approximate surface area is 129 Å². The number of halogens is 1. The molecule has 1 aromatic carbocycles. The zero-order valence-electron chi connectivity index (χ0n) is 12.2. The van der Waals surface area contributed by atoms with Gasteiger partial charge in [-0.25, -0.2) is 0 Å². The molecule has 0 saturated carbocycles. The molecule has 0 spiro atoms. The summed E-state index contributed by atoms with van der Waals surface area (Å²) in [5.41, 5.74) is 2.03. The summed E-state index contributed by atoms with van der Waals surface area (Å²) in [6, 6.07) is 6.30. The fourth-order valence-corrected chi connectivity index (χ4v) is 4.41. The van der Waals surface area contributed by atoms with Crippen molar-refractivity contribution >= 4 is 21.6 Å². The van der Waals surface area contributed by atoms with E-state index in [1.165, 1.54) is 5.56 Å². The van der Waals surface area contributed by atoms with Crippen LogP contribution < -0.4 is 5.32 Å². The van der Waals surface area contributed by atoms with Crippen LogP contribution in [0.15, 0.2) is 35.3 Å². The summed E-state index contributed by atoms with van der Waals surface area (Å²) in [5, 5.41) is 16.4. The average molecular weight is 337 g/mol. The summed E-state index contributed by atoms with van der Waals surface area (Å²) >= 11 is 3.51. The highest BCUT2D eigenvalue weighted by Crippen LogP contribution is 2.59. The van der Waals surface area contributed by atoms with Gasteiger partial charge in [-0.15, -0.1) is 6.58 Å². The molecule has 3 atom stereocenters. The highest BCUT2D eigenvalue weighted by Gasteiger charge is 2.64. The fourth-order valence-electron chi connectivity index (χ4n) is 4.05. The minimum absolute atomic E-state index is 0.135. The second-order valence-corrected chi connectivity index (χ2v) is 7.70. The van der Waals surface area contributed by atoms with Crippen molar-refractivity contribution in [2.75, 3.05) is 18.9 Å². The topological polar surface area (TPSA) is 35.1 Å². The van der Waals surface area contributed by atoms with Crippen LogP contribution in [0.5, 0.6) is 0 Å². The van der Waals surface area contributed by atoms with Crippen LogP contribution in [-0.2, 0) is 5.41 Å². The lowest BCUT2D eigenvalue weighted by Crippen LogP contribution is -2.55. The maximum Gasteiger partial charge on any atom is 0.172 e. The number of nitrogens with one attached hydrogen (secondary N) is 1. The van der Waals surface area contributed by atoms with Crippen LogP contribution in [0.4, 0.5) is 5.69 Å². The summed E-state index contributed by atoms with van der Waals surface area (Å²) in [6.07, 6.45) is 2.75. The molecular weight excluding hydrogens is 316 g/mol. The molecule has 20 heavy (non-hydrogen) atoms. The number of hydrogen-bond acceptors (Lipinski definition) is 2. The van der Waals surface area contributed by atoms with E-state index in [-0.39, 0.29) is 21.6 Å². The molecule has 4 heteroatoms. The van der Waals surface area contributed by atoms with Gasteiger partial charge in [0.15, 0.2) is 6.17 Å². The smallest absolute Gasteiger partial charge is 0.172 e. The third kappa shape index (κ3) is 1.59. The Balaban J connectivity index is 2.25. The molecule has 2 heterocycles. The molecule has 1 aromatic rings. The molecule has 108 valence electrons. The van der Waals surface area contributed by atoms with E-state index in [0.29, 0.717) is 6.54 Å². The summed E-state index contributed by atoms with van der Waals surface area (Å²) in [5.74, 6) is 0. The van der Waals surface area contributed by atoms with E-state index in [1.54, 1.807) is 7.05 Å². The van der Waals surface area contributed by atoms with E-state index in [0.717, 1.165) is 16.6 Å². The first-order chi connectivity index (χ1) is 9.24. The molecule has 1 saturated heterocycles. The molecule has 0 radical (unpaired) electrons. The van der Waals surface area contributed by atoms with Crippen molar-refractivity contribution in [3.63, 3.8) is 0 Å². The van der Waals surface area contributed by atoms with E-state index >= 15 is 0 Å². The summed E-state index contributed by atoms with van der Waals surface area (Å²) in [6.45, 7) is 9.05. The number of quaternary nitrogens is 1. The van der Waals surface area contributed by atoms with Crippen LogP contribution in [0.1, 0.15) is 25.8 Å². The van der Waals surface area contributed by atoms with Crippen molar-refractivity contribution in [2.45, 2.75) is 31.8 Å². The van der Waals surface area contributed by atoms with Crippen LogP contribution in [0.2, 0.25) is 0 Å². The Bertz CT molecular complexity index is 582. The van der Waals surface area contributed by atoms with E-state index in [1.807, 2.05) is 6.08 Å². The lowest BCUT2D eigenvalue weighted by atomic mass is 9.61. The number of nitrogens with zero attached hydrogens (tertiary/aromatic N) is 1. The van der Waals surface area contributed by atoms with E-state index < -0.39 is 0 Å². The molecule has 1 N–H and O–H groups in total.